The highest BCUT2D eigenvalue weighted by Gasteiger charge is 2.65. The lowest BCUT2D eigenvalue weighted by atomic mass is 9.72. The van der Waals surface area contributed by atoms with Crippen molar-refractivity contribution in [3.05, 3.63) is 92.9 Å². The number of hydrogen-bond donors (Lipinski definition) is 1. The number of carbonyl (C=O) groups is 3. The van der Waals surface area contributed by atoms with E-state index in [9.17, 15) is 23.9 Å². The summed E-state index contributed by atoms with van der Waals surface area (Å²) < 4.78 is 14.0. The minimum absolute atomic E-state index is 0.235. The van der Waals surface area contributed by atoms with Gasteiger partial charge in [0, 0.05) is 16.9 Å². The molecule has 1 aliphatic heterocycles. The van der Waals surface area contributed by atoms with Crippen LogP contribution >= 0.6 is 22.9 Å². The van der Waals surface area contributed by atoms with Crippen molar-refractivity contribution in [3.8, 4) is 0 Å². The normalized spacial score (nSPS) is 25.9. The number of aliphatic carboxylic acids is 1. The lowest BCUT2D eigenvalue weighted by Crippen LogP contribution is -2.55. The predicted molar refractivity (Wildman–Crippen MR) is 145 cm³/mol. The Hall–Kier alpha value is -3.03. The number of carboxylic acids is 1. The first-order valence-electron chi connectivity index (χ1n) is 12.9. The van der Waals surface area contributed by atoms with Gasteiger partial charge in [0.1, 0.15) is 11.4 Å². The average molecular weight is 554 g/mol. The second kappa shape index (κ2) is 10.6. The predicted octanol–water partition coefficient (Wildman–Crippen LogP) is 7.13. The van der Waals surface area contributed by atoms with Gasteiger partial charge >= 0.3 is 5.97 Å². The van der Waals surface area contributed by atoms with Gasteiger partial charge in [0.05, 0.1) is 16.8 Å². The summed E-state index contributed by atoms with van der Waals surface area (Å²) in [7, 11) is 0. The minimum Gasteiger partial charge on any atom is -0.479 e. The van der Waals surface area contributed by atoms with Crippen molar-refractivity contribution < 1.29 is 23.9 Å². The van der Waals surface area contributed by atoms with Crippen LogP contribution in [0.3, 0.4) is 0 Å². The number of carbonyl (C=O) groups excluding carboxylic acids is 2. The van der Waals surface area contributed by atoms with Gasteiger partial charge in [-0.2, -0.15) is 0 Å². The van der Waals surface area contributed by atoms with Crippen LogP contribution in [0.2, 0.25) is 5.02 Å². The van der Waals surface area contributed by atoms with Gasteiger partial charge in [-0.15, -0.1) is 11.3 Å². The van der Waals surface area contributed by atoms with E-state index < -0.39 is 35.2 Å². The van der Waals surface area contributed by atoms with E-state index in [1.807, 2.05) is 0 Å². The van der Waals surface area contributed by atoms with E-state index in [2.05, 4.69) is 0 Å². The number of amides is 1. The second-order valence-electron chi connectivity index (χ2n) is 10.4. The Bertz CT molecular complexity index is 1320. The third-order valence-electron chi connectivity index (χ3n) is 8.22. The summed E-state index contributed by atoms with van der Waals surface area (Å²) in [6, 6.07) is 15.1. The Morgan fingerprint density at radius 2 is 1.61 bits per heavy atom. The highest BCUT2D eigenvalue weighted by Crippen LogP contribution is 2.57. The first-order valence-corrected chi connectivity index (χ1v) is 14.1. The van der Waals surface area contributed by atoms with Crippen molar-refractivity contribution in [2.24, 2.45) is 11.8 Å². The van der Waals surface area contributed by atoms with Crippen LogP contribution in [0.25, 0.3) is 0 Å². The number of rotatable bonds is 6. The third-order valence-corrected chi connectivity index (χ3v) is 9.35. The SMILES string of the molecule is CC1(C(=O)O)C(c2ccc(Cl)cc2)C(C(=O)c2cccs2)C(c2ccc(F)cc2)N1C(=O)C1CCCCC1. The van der Waals surface area contributed by atoms with Crippen LogP contribution in [-0.4, -0.2) is 33.2 Å². The zero-order valence-electron chi connectivity index (χ0n) is 21.0. The topological polar surface area (TPSA) is 74.7 Å². The molecule has 4 unspecified atom stereocenters. The molecule has 0 bridgehead atoms. The summed E-state index contributed by atoms with van der Waals surface area (Å²) >= 11 is 7.45. The maximum absolute atomic E-state index is 14.3. The van der Waals surface area contributed by atoms with Gasteiger partial charge in [-0.1, -0.05) is 61.2 Å². The Morgan fingerprint density at radius 1 is 0.974 bits per heavy atom. The number of thiophene rings is 1. The molecule has 0 radical (unpaired) electrons. The Kier molecular flexibility index (Phi) is 7.43. The molecule has 1 N–H and O–H groups in total. The summed E-state index contributed by atoms with van der Waals surface area (Å²) in [6.07, 6.45) is 4.18. The fourth-order valence-corrected chi connectivity index (χ4v) is 7.21. The summed E-state index contributed by atoms with van der Waals surface area (Å²) in [5, 5.41) is 13.1. The lowest BCUT2D eigenvalue weighted by molar-refractivity contribution is -0.160. The molecule has 0 spiro atoms. The van der Waals surface area contributed by atoms with Crippen LogP contribution < -0.4 is 0 Å². The lowest BCUT2D eigenvalue weighted by Gasteiger charge is -2.40. The first-order chi connectivity index (χ1) is 18.2. The second-order valence-corrected chi connectivity index (χ2v) is 11.8. The molecule has 4 atom stereocenters. The van der Waals surface area contributed by atoms with E-state index in [-0.39, 0.29) is 17.6 Å². The smallest absolute Gasteiger partial charge is 0.330 e. The van der Waals surface area contributed by atoms with Gasteiger partial charge in [-0.25, -0.2) is 9.18 Å². The molecule has 2 aromatic carbocycles. The minimum atomic E-state index is -1.74. The number of ketones is 1. The number of nitrogens with zero attached hydrogens (tertiary/aromatic N) is 1. The monoisotopic (exact) mass is 553 g/mol. The molecule has 1 saturated heterocycles. The molecule has 2 heterocycles. The number of likely N-dealkylation sites (tertiary alicyclic amines) is 1. The van der Waals surface area contributed by atoms with Crippen molar-refractivity contribution in [3.63, 3.8) is 0 Å². The van der Waals surface area contributed by atoms with E-state index in [4.69, 9.17) is 11.6 Å². The molecule has 2 fully saturated rings. The fraction of sp³-hybridized carbons (Fsp3) is 0.367. The number of carboxylic acid groups (broad SMARTS) is 1. The van der Waals surface area contributed by atoms with Crippen molar-refractivity contribution >= 4 is 40.6 Å². The molecule has 3 aromatic rings. The van der Waals surface area contributed by atoms with Gasteiger partial charge in [0.25, 0.3) is 0 Å². The van der Waals surface area contributed by atoms with E-state index in [1.54, 1.807) is 60.8 Å². The first kappa shape index (κ1) is 26.6. The van der Waals surface area contributed by atoms with Gasteiger partial charge < -0.3 is 10.0 Å². The van der Waals surface area contributed by atoms with Crippen molar-refractivity contribution in [2.45, 2.75) is 56.5 Å². The number of Topliss-reactive ketones (excluding diaryl/α,β-unsaturated/α-hetero) is 1. The summed E-state index contributed by atoms with van der Waals surface area (Å²) in [6.45, 7) is 1.55. The van der Waals surface area contributed by atoms with E-state index >= 15 is 0 Å². The molecule has 1 saturated carbocycles. The van der Waals surface area contributed by atoms with Crippen LogP contribution in [0.5, 0.6) is 0 Å². The molecule has 1 amide bonds. The van der Waals surface area contributed by atoms with Crippen LogP contribution in [0, 0.1) is 17.7 Å². The third kappa shape index (κ3) is 4.56. The molecule has 2 aliphatic rings. The quantitative estimate of drug-likeness (QED) is 0.329. The Morgan fingerprint density at radius 3 is 2.18 bits per heavy atom. The highest BCUT2D eigenvalue weighted by molar-refractivity contribution is 7.12. The summed E-state index contributed by atoms with van der Waals surface area (Å²) in [5.41, 5.74) is -0.589. The molecule has 5 nitrogen and oxygen atoms in total. The van der Waals surface area contributed by atoms with Gasteiger partial charge in [0.2, 0.25) is 5.91 Å². The van der Waals surface area contributed by atoms with Crippen molar-refractivity contribution in [1.82, 2.24) is 4.90 Å². The van der Waals surface area contributed by atoms with Gasteiger partial charge in [-0.3, -0.25) is 9.59 Å². The average Bonchev–Trinajstić information content (AvgIpc) is 3.55. The van der Waals surface area contributed by atoms with E-state index in [0.29, 0.717) is 33.9 Å². The molecule has 8 heteroatoms. The van der Waals surface area contributed by atoms with Crippen LogP contribution in [0.1, 0.15) is 71.8 Å². The molecule has 5 rings (SSSR count). The maximum Gasteiger partial charge on any atom is 0.330 e. The Balaban J connectivity index is 1.77. The summed E-state index contributed by atoms with van der Waals surface area (Å²) in [5.74, 6) is -4.23. The number of benzene rings is 2. The van der Waals surface area contributed by atoms with Crippen molar-refractivity contribution in [1.29, 1.82) is 0 Å². The molecular formula is C30H29ClFNO4S. The maximum atomic E-state index is 14.3. The van der Waals surface area contributed by atoms with E-state index in [0.717, 1.165) is 19.3 Å². The fourth-order valence-electron chi connectivity index (χ4n) is 6.38. The van der Waals surface area contributed by atoms with Gasteiger partial charge in [0.15, 0.2) is 5.78 Å². The molecule has 1 aliphatic carbocycles. The van der Waals surface area contributed by atoms with Crippen LogP contribution in [0.15, 0.2) is 66.0 Å². The summed E-state index contributed by atoms with van der Waals surface area (Å²) in [4.78, 5) is 43.8. The largest absolute Gasteiger partial charge is 0.479 e. The zero-order valence-corrected chi connectivity index (χ0v) is 22.6. The molecule has 1 aromatic heterocycles. The molecular weight excluding hydrogens is 525 g/mol. The number of halogens is 2. The molecule has 198 valence electrons. The zero-order chi connectivity index (χ0) is 27.0. The Labute approximate surface area is 230 Å². The van der Waals surface area contributed by atoms with Gasteiger partial charge in [-0.05, 0) is 66.6 Å². The standard InChI is InChI=1S/C30H29ClFNO4S/c1-30(29(36)37)25(18-9-13-21(31)14-10-18)24(27(34)23-8-5-17-38-23)26(19-11-15-22(32)16-12-19)33(30)28(35)20-6-3-2-4-7-20/h5,8-17,20,24-26H,2-4,6-7H2,1H3,(H,36,37). The van der Waals surface area contributed by atoms with E-state index in [1.165, 1.54) is 28.4 Å². The highest BCUT2D eigenvalue weighted by atomic mass is 35.5. The van der Waals surface area contributed by atoms with Crippen LogP contribution in [-0.2, 0) is 9.59 Å². The molecule has 38 heavy (non-hydrogen) atoms. The van der Waals surface area contributed by atoms with Crippen LogP contribution in [0.4, 0.5) is 4.39 Å². The number of hydrogen-bond acceptors (Lipinski definition) is 4. The van der Waals surface area contributed by atoms with Crippen molar-refractivity contribution in [2.75, 3.05) is 0 Å².